The molecule has 2 nitrogen and oxygen atoms in total. The number of ether oxygens (including phenoxy) is 1. The van der Waals surface area contributed by atoms with Crippen LogP contribution in [0.25, 0.3) is 11.3 Å². The molecule has 0 saturated carbocycles. The highest BCUT2D eigenvalue weighted by Crippen LogP contribution is 2.28. The van der Waals surface area contributed by atoms with E-state index < -0.39 is 6.61 Å². The van der Waals surface area contributed by atoms with E-state index in [-0.39, 0.29) is 5.75 Å². The minimum atomic E-state index is -2.86. The molecule has 2 rings (SSSR count). The van der Waals surface area contributed by atoms with Gasteiger partial charge in [-0.1, -0.05) is 29.3 Å². The standard InChI is InChI=1S/C12H7Cl2F2NO/c13-9-3-1-7(5-10(9)14)11-4-2-8(6-17-11)18-12(15)16/h1-6,12H. The summed E-state index contributed by atoms with van der Waals surface area (Å²) < 4.78 is 28.1. The average molecular weight is 290 g/mol. The maximum Gasteiger partial charge on any atom is 0.387 e. The van der Waals surface area contributed by atoms with E-state index in [1.54, 1.807) is 24.3 Å². The lowest BCUT2D eigenvalue weighted by Gasteiger charge is -2.06. The summed E-state index contributed by atoms with van der Waals surface area (Å²) in [6, 6.07) is 8.02. The van der Waals surface area contributed by atoms with Crippen molar-refractivity contribution < 1.29 is 13.5 Å². The first-order chi connectivity index (χ1) is 8.56. The van der Waals surface area contributed by atoms with Crippen LogP contribution < -0.4 is 4.74 Å². The third-order valence-corrected chi connectivity index (χ3v) is 2.92. The first kappa shape index (κ1) is 13.1. The monoisotopic (exact) mass is 289 g/mol. The van der Waals surface area contributed by atoms with Crippen molar-refractivity contribution in [2.45, 2.75) is 6.61 Å². The molecular weight excluding hydrogens is 283 g/mol. The Morgan fingerprint density at radius 3 is 2.39 bits per heavy atom. The molecule has 0 fully saturated rings. The maximum atomic E-state index is 12.0. The maximum absolute atomic E-state index is 12.0. The van der Waals surface area contributed by atoms with Crippen LogP contribution in [-0.4, -0.2) is 11.6 Å². The number of nitrogens with zero attached hydrogens (tertiary/aromatic N) is 1. The number of benzene rings is 1. The molecule has 0 saturated heterocycles. The highest BCUT2D eigenvalue weighted by Gasteiger charge is 2.06. The van der Waals surface area contributed by atoms with Gasteiger partial charge in [0.05, 0.1) is 21.9 Å². The van der Waals surface area contributed by atoms with E-state index in [1.165, 1.54) is 12.3 Å². The zero-order valence-electron chi connectivity index (χ0n) is 8.91. The van der Waals surface area contributed by atoms with Crippen molar-refractivity contribution >= 4 is 23.2 Å². The molecule has 1 heterocycles. The summed E-state index contributed by atoms with van der Waals surface area (Å²) >= 11 is 11.7. The molecule has 0 aliphatic heterocycles. The van der Waals surface area contributed by atoms with Crippen molar-refractivity contribution in [1.29, 1.82) is 0 Å². The SMILES string of the molecule is FC(F)Oc1ccc(-c2ccc(Cl)c(Cl)c2)nc1. The van der Waals surface area contributed by atoms with E-state index >= 15 is 0 Å². The van der Waals surface area contributed by atoms with Crippen LogP contribution in [-0.2, 0) is 0 Å². The minimum Gasteiger partial charge on any atom is -0.433 e. The van der Waals surface area contributed by atoms with E-state index in [4.69, 9.17) is 23.2 Å². The molecule has 1 aromatic heterocycles. The van der Waals surface area contributed by atoms with Crippen molar-refractivity contribution in [3.05, 3.63) is 46.6 Å². The van der Waals surface area contributed by atoms with Gasteiger partial charge >= 0.3 is 6.61 Å². The lowest BCUT2D eigenvalue weighted by Crippen LogP contribution is -2.02. The van der Waals surface area contributed by atoms with Gasteiger partial charge in [0.25, 0.3) is 0 Å². The van der Waals surface area contributed by atoms with Crippen molar-refractivity contribution in [1.82, 2.24) is 4.98 Å². The predicted octanol–water partition coefficient (Wildman–Crippen LogP) is 4.66. The number of hydrogen-bond donors (Lipinski definition) is 0. The van der Waals surface area contributed by atoms with Gasteiger partial charge in [-0.2, -0.15) is 8.78 Å². The van der Waals surface area contributed by atoms with E-state index in [2.05, 4.69) is 9.72 Å². The Morgan fingerprint density at radius 2 is 1.83 bits per heavy atom. The first-order valence-electron chi connectivity index (χ1n) is 4.92. The summed E-state index contributed by atoms with van der Waals surface area (Å²) in [5.41, 5.74) is 1.34. The van der Waals surface area contributed by atoms with Crippen molar-refractivity contribution in [2.75, 3.05) is 0 Å². The molecule has 94 valence electrons. The number of halogens is 4. The molecule has 0 radical (unpaired) electrons. The molecular formula is C12H7Cl2F2NO. The molecule has 0 bridgehead atoms. The van der Waals surface area contributed by atoms with Crippen molar-refractivity contribution in [3.8, 4) is 17.0 Å². The zero-order valence-corrected chi connectivity index (χ0v) is 10.4. The Balaban J connectivity index is 2.25. The molecule has 0 aliphatic carbocycles. The average Bonchev–Trinajstić information content (AvgIpc) is 2.33. The van der Waals surface area contributed by atoms with E-state index in [0.717, 1.165) is 5.56 Å². The summed E-state index contributed by atoms with van der Waals surface area (Å²) in [4.78, 5) is 4.01. The lowest BCUT2D eigenvalue weighted by molar-refractivity contribution is -0.0500. The fraction of sp³-hybridized carbons (Fsp3) is 0.0833. The van der Waals surface area contributed by atoms with Crippen LogP contribution in [0.5, 0.6) is 5.75 Å². The van der Waals surface area contributed by atoms with Crippen LogP contribution in [0.1, 0.15) is 0 Å². The molecule has 0 unspecified atom stereocenters. The molecule has 0 spiro atoms. The van der Waals surface area contributed by atoms with Gasteiger partial charge in [0, 0.05) is 5.56 Å². The highest BCUT2D eigenvalue weighted by atomic mass is 35.5. The molecule has 0 amide bonds. The first-order valence-corrected chi connectivity index (χ1v) is 5.68. The molecule has 0 N–H and O–H groups in total. The number of rotatable bonds is 3. The summed E-state index contributed by atoms with van der Waals surface area (Å²) in [5, 5.41) is 0.849. The van der Waals surface area contributed by atoms with Gasteiger partial charge in [-0.05, 0) is 24.3 Å². The molecule has 18 heavy (non-hydrogen) atoms. The van der Waals surface area contributed by atoms with Crippen LogP contribution in [0, 0.1) is 0 Å². The minimum absolute atomic E-state index is 0.00816. The van der Waals surface area contributed by atoms with Gasteiger partial charge in [0.15, 0.2) is 0 Å². The van der Waals surface area contributed by atoms with Gasteiger partial charge in [0.2, 0.25) is 0 Å². The molecule has 6 heteroatoms. The Morgan fingerprint density at radius 1 is 1.06 bits per heavy atom. The van der Waals surface area contributed by atoms with Crippen LogP contribution in [0.2, 0.25) is 10.0 Å². The molecule has 0 aliphatic rings. The smallest absolute Gasteiger partial charge is 0.387 e. The van der Waals surface area contributed by atoms with Gasteiger partial charge in [-0.25, -0.2) is 0 Å². The third-order valence-electron chi connectivity index (χ3n) is 2.18. The number of aromatic nitrogens is 1. The topological polar surface area (TPSA) is 22.1 Å². The van der Waals surface area contributed by atoms with Crippen LogP contribution >= 0.6 is 23.2 Å². The van der Waals surface area contributed by atoms with Crippen LogP contribution in [0.15, 0.2) is 36.5 Å². The summed E-state index contributed by atoms with van der Waals surface area (Å²) in [6.45, 7) is -2.86. The largest absolute Gasteiger partial charge is 0.433 e. The van der Waals surface area contributed by atoms with Gasteiger partial charge in [0.1, 0.15) is 5.75 Å². The van der Waals surface area contributed by atoms with Gasteiger partial charge in [-0.3, -0.25) is 4.98 Å². The summed E-state index contributed by atoms with van der Waals surface area (Å²) in [7, 11) is 0. The second-order valence-electron chi connectivity index (χ2n) is 3.39. The van der Waals surface area contributed by atoms with Crippen molar-refractivity contribution in [3.63, 3.8) is 0 Å². The lowest BCUT2D eigenvalue weighted by atomic mass is 10.1. The fourth-order valence-corrected chi connectivity index (χ4v) is 1.68. The van der Waals surface area contributed by atoms with E-state index in [1.807, 2.05) is 0 Å². The fourth-order valence-electron chi connectivity index (χ4n) is 1.38. The molecule has 1 aromatic carbocycles. The normalized spacial score (nSPS) is 10.7. The van der Waals surface area contributed by atoms with Gasteiger partial charge < -0.3 is 4.74 Å². The third kappa shape index (κ3) is 3.09. The van der Waals surface area contributed by atoms with Gasteiger partial charge in [-0.15, -0.1) is 0 Å². The molecule has 2 aromatic rings. The Bertz CT molecular complexity index is 546. The Labute approximate surface area is 112 Å². The van der Waals surface area contributed by atoms with E-state index in [9.17, 15) is 8.78 Å². The number of alkyl halides is 2. The summed E-state index contributed by atoms with van der Waals surface area (Å²) in [5.74, 6) is 0.00816. The Hall–Kier alpha value is -1.39. The second-order valence-corrected chi connectivity index (χ2v) is 4.20. The summed E-state index contributed by atoms with van der Waals surface area (Å²) in [6.07, 6.45) is 1.23. The van der Waals surface area contributed by atoms with Crippen LogP contribution in [0.3, 0.4) is 0 Å². The predicted molar refractivity (Wildman–Crippen MR) is 66.3 cm³/mol. The Kier molecular flexibility index (Phi) is 3.99. The molecule has 0 atom stereocenters. The van der Waals surface area contributed by atoms with Crippen molar-refractivity contribution in [2.24, 2.45) is 0 Å². The zero-order chi connectivity index (χ0) is 13.1. The quantitative estimate of drug-likeness (QED) is 0.820. The number of pyridine rings is 1. The number of hydrogen-bond acceptors (Lipinski definition) is 2. The van der Waals surface area contributed by atoms with E-state index in [0.29, 0.717) is 15.7 Å². The second kappa shape index (κ2) is 5.50. The highest BCUT2D eigenvalue weighted by molar-refractivity contribution is 6.42. The van der Waals surface area contributed by atoms with Crippen LogP contribution in [0.4, 0.5) is 8.78 Å².